The van der Waals surface area contributed by atoms with Gasteiger partial charge in [-0.3, -0.25) is 9.59 Å². The summed E-state index contributed by atoms with van der Waals surface area (Å²) < 4.78 is 5.40. The molecule has 104 valence electrons. The van der Waals surface area contributed by atoms with E-state index in [1.54, 1.807) is 12.1 Å². The van der Waals surface area contributed by atoms with Crippen LogP contribution in [0.4, 0.5) is 5.69 Å². The molecule has 0 aliphatic carbocycles. The first kappa shape index (κ1) is 15.3. The summed E-state index contributed by atoms with van der Waals surface area (Å²) in [7, 11) is 0. The van der Waals surface area contributed by atoms with Crippen LogP contribution in [0.15, 0.2) is 24.3 Å². The second-order valence-corrected chi connectivity index (χ2v) is 3.98. The van der Waals surface area contributed by atoms with Crippen molar-refractivity contribution in [3.8, 4) is 5.75 Å². The van der Waals surface area contributed by atoms with Crippen LogP contribution in [0.3, 0.4) is 0 Å². The quantitative estimate of drug-likeness (QED) is 0.750. The standard InChI is InChI=1S/C13H17ClN2O3/c1-2-19-11-6-4-3-5-10(11)16-12(17)7-8-15-13(18)9-14/h3-6H,2,7-9H2,1H3,(H,15,18)(H,16,17). The summed E-state index contributed by atoms with van der Waals surface area (Å²) in [5, 5.41) is 5.26. The number of rotatable bonds is 7. The van der Waals surface area contributed by atoms with Gasteiger partial charge in [0.25, 0.3) is 0 Å². The Hall–Kier alpha value is -1.75. The van der Waals surface area contributed by atoms with E-state index in [1.165, 1.54) is 0 Å². The number of hydrogen-bond donors (Lipinski definition) is 2. The number of alkyl halides is 1. The van der Waals surface area contributed by atoms with Gasteiger partial charge in [-0.15, -0.1) is 11.6 Å². The number of nitrogens with one attached hydrogen (secondary N) is 2. The Morgan fingerprint density at radius 2 is 2.00 bits per heavy atom. The summed E-state index contributed by atoms with van der Waals surface area (Å²) in [6, 6.07) is 7.20. The van der Waals surface area contributed by atoms with E-state index in [1.807, 2.05) is 19.1 Å². The molecule has 0 saturated heterocycles. The molecule has 0 heterocycles. The van der Waals surface area contributed by atoms with Crippen molar-refractivity contribution >= 4 is 29.1 Å². The van der Waals surface area contributed by atoms with E-state index in [0.717, 1.165) is 0 Å². The van der Waals surface area contributed by atoms with Crippen LogP contribution < -0.4 is 15.4 Å². The molecule has 2 N–H and O–H groups in total. The van der Waals surface area contributed by atoms with Gasteiger partial charge < -0.3 is 15.4 Å². The van der Waals surface area contributed by atoms with Gasteiger partial charge in [0.05, 0.1) is 12.3 Å². The van der Waals surface area contributed by atoms with Crippen molar-refractivity contribution in [1.29, 1.82) is 0 Å². The molecule has 0 unspecified atom stereocenters. The van der Waals surface area contributed by atoms with Crippen LogP contribution in [0, 0.1) is 0 Å². The number of para-hydroxylation sites is 2. The number of anilines is 1. The molecule has 0 aliphatic heterocycles. The van der Waals surface area contributed by atoms with Crippen molar-refractivity contribution in [2.24, 2.45) is 0 Å². The highest BCUT2D eigenvalue weighted by molar-refractivity contribution is 6.27. The summed E-state index contributed by atoms with van der Waals surface area (Å²) in [4.78, 5) is 22.6. The van der Waals surface area contributed by atoms with Crippen LogP contribution >= 0.6 is 11.6 Å². The molecular weight excluding hydrogens is 268 g/mol. The topological polar surface area (TPSA) is 67.4 Å². The lowest BCUT2D eigenvalue weighted by atomic mass is 10.2. The molecule has 0 aliphatic rings. The first-order valence-electron chi connectivity index (χ1n) is 6.01. The smallest absolute Gasteiger partial charge is 0.234 e. The SMILES string of the molecule is CCOc1ccccc1NC(=O)CCNC(=O)CCl. The zero-order valence-electron chi connectivity index (χ0n) is 10.7. The van der Waals surface area contributed by atoms with Crippen molar-refractivity contribution in [2.75, 3.05) is 24.3 Å². The maximum atomic E-state index is 11.7. The maximum Gasteiger partial charge on any atom is 0.234 e. The molecule has 1 aromatic carbocycles. The van der Waals surface area contributed by atoms with Crippen molar-refractivity contribution in [2.45, 2.75) is 13.3 Å². The lowest BCUT2D eigenvalue weighted by Crippen LogP contribution is -2.28. The highest BCUT2D eigenvalue weighted by Crippen LogP contribution is 2.23. The molecule has 0 saturated carbocycles. The molecule has 0 bridgehead atoms. The minimum absolute atomic E-state index is 0.102. The van der Waals surface area contributed by atoms with Gasteiger partial charge in [0, 0.05) is 13.0 Å². The molecule has 0 spiro atoms. The van der Waals surface area contributed by atoms with Crippen LogP contribution in [-0.4, -0.2) is 30.8 Å². The minimum atomic E-state index is -0.288. The largest absolute Gasteiger partial charge is 0.492 e. The second-order valence-electron chi connectivity index (χ2n) is 3.71. The monoisotopic (exact) mass is 284 g/mol. The fraction of sp³-hybridized carbons (Fsp3) is 0.385. The Kier molecular flexibility index (Phi) is 6.74. The fourth-order valence-corrected chi connectivity index (χ4v) is 1.52. The van der Waals surface area contributed by atoms with E-state index < -0.39 is 0 Å². The third-order valence-electron chi connectivity index (χ3n) is 2.26. The Labute approximate surface area is 117 Å². The number of benzene rings is 1. The third-order valence-corrected chi connectivity index (χ3v) is 2.50. The fourth-order valence-electron chi connectivity index (χ4n) is 1.43. The zero-order valence-corrected chi connectivity index (χ0v) is 11.5. The Morgan fingerprint density at radius 3 is 2.68 bits per heavy atom. The molecule has 5 nitrogen and oxygen atoms in total. The summed E-state index contributed by atoms with van der Waals surface area (Å²) in [6.45, 7) is 2.66. The second kappa shape index (κ2) is 8.37. The van der Waals surface area contributed by atoms with E-state index in [4.69, 9.17) is 16.3 Å². The summed E-state index contributed by atoms with van der Waals surface area (Å²) in [5.74, 6) is 0.0452. The van der Waals surface area contributed by atoms with Crippen molar-refractivity contribution in [3.05, 3.63) is 24.3 Å². The number of ether oxygens (including phenoxy) is 1. The Morgan fingerprint density at radius 1 is 1.26 bits per heavy atom. The molecule has 0 aromatic heterocycles. The molecule has 0 radical (unpaired) electrons. The van der Waals surface area contributed by atoms with Gasteiger partial charge in [-0.2, -0.15) is 0 Å². The van der Waals surface area contributed by atoms with Gasteiger partial charge in [0.1, 0.15) is 11.6 Å². The normalized spacial score (nSPS) is 9.79. The van der Waals surface area contributed by atoms with Crippen LogP contribution in [0.5, 0.6) is 5.75 Å². The van der Waals surface area contributed by atoms with Crippen molar-refractivity contribution in [3.63, 3.8) is 0 Å². The van der Waals surface area contributed by atoms with E-state index >= 15 is 0 Å². The van der Waals surface area contributed by atoms with Crippen LogP contribution in [0.2, 0.25) is 0 Å². The summed E-state index contributed by atoms with van der Waals surface area (Å²) in [5.41, 5.74) is 0.623. The minimum Gasteiger partial charge on any atom is -0.492 e. The molecule has 0 fully saturated rings. The predicted octanol–water partition coefficient (Wildman–Crippen LogP) is 1.77. The highest BCUT2D eigenvalue weighted by Gasteiger charge is 2.07. The van der Waals surface area contributed by atoms with Gasteiger partial charge in [0.2, 0.25) is 11.8 Å². The number of carbonyl (C=O) groups is 2. The number of carbonyl (C=O) groups excluding carboxylic acids is 2. The van der Waals surface area contributed by atoms with Crippen LogP contribution in [0.1, 0.15) is 13.3 Å². The third kappa shape index (κ3) is 5.61. The van der Waals surface area contributed by atoms with Gasteiger partial charge in [-0.1, -0.05) is 12.1 Å². The highest BCUT2D eigenvalue weighted by atomic mass is 35.5. The Balaban J connectivity index is 2.45. The van der Waals surface area contributed by atoms with E-state index in [2.05, 4.69) is 10.6 Å². The maximum absolute atomic E-state index is 11.7. The van der Waals surface area contributed by atoms with Crippen LogP contribution in [-0.2, 0) is 9.59 Å². The van der Waals surface area contributed by atoms with E-state index in [9.17, 15) is 9.59 Å². The van der Waals surface area contributed by atoms with Gasteiger partial charge >= 0.3 is 0 Å². The average molecular weight is 285 g/mol. The Bertz CT molecular complexity index is 438. The lowest BCUT2D eigenvalue weighted by Gasteiger charge is -2.11. The number of amides is 2. The van der Waals surface area contributed by atoms with Gasteiger partial charge in [-0.05, 0) is 19.1 Å². The average Bonchev–Trinajstić information content (AvgIpc) is 2.41. The van der Waals surface area contributed by atoms with Crippen molar-refractivity contribution in [1.82, 2.24) is 5.32 Å². The zero-order chi connectivity index (χ0) is 14.1. The predicted molar refractivity (Wildman–Crippen MR) is 74.6 cm³/mol. The number of hydrogen-bond acceptors (Lipinski definition) is 3. The summed E-state index contributed by atoms with van der Waals surface area (Å²) >= 11 is 5.32. The molecular formula is C13H17ClN2O3. The van der Waals surface area contributed by atoms with Gasteiger partial charge in [0.15, 0.2) is 0 Å². The summed E-state index contributed by atoms with van der Waals surface area (Å²) in [6.07, 6.45) is 0.184. The van der Waals surface area contributed by atoms with Gasteiger partial charge in [-0.25, -0.2) is 0 Å². The molecule has 1 rings (SSSR count). The molecule has 1 aromatic rings. The van der Waals surface area contributed by atoms with E-state index in [0.29, 0.717) is 18.0 Å². The van der Waals surface area contributed by atoms with E-state index in [-0.39, 0.29) is 30.7 Å². The number of halogens is 1. The first-order chi connectivity index (χ1) is 9.17. The lowest BCUT2D eigenvalue weighted by molar-refractivity contribution is -0.119. The molecule has 0 atom stereocenters. The van der Waals surface area contributed by atoms with Crippen LogP contribution in [0.25, 0.3) is 0 Å². The first-order valence-corrected chi connectivity index (χ1v) is 6.55. The molecule has 2 amide bonds. The molecule has 19 heavy (non-hydrogen) atoms. The van der Waals surface area contributed by atoms with Crippen molar-refractivity contribution < 1.29 is 14.3 Å². The molecule has 6 heteroatoms.